The van der Waals surface area contributed by atoms with E-state index in [1.165, 1.54) is 12.3 Å². The quantitative estimate of drug-likeness (QED) is 0.696. The van der Waals surface area contributed by atoms with Crippen LogP contribution < -0.4 is 0 Å². The zero-order chi connectivity index (χ0) is 12.5. The molecule has 18 heavy (non-hydrogen) atoms. The lowest BCUT2D eigenvalue weighted by Crippen LogP contribution is -1.97. The highest BCUT2D eigenvalue weighted by Gasteiger charge is 2.08. The van der Waals surface area contributed by atoms with E-state index in [0.29, 0.717) is 16.9 Å². The molecule has 0 aliphatic rings. The third-order valence-corrected chi connectivity index (χ3v) is 2.47. The van der Waals surface area contributed by atoms with Crippen LogP contribution in [0, 0.1) is 0 Å². The second-order valence-electron chi connectivity index (χ2n) is 3.65. The number of aromatic amines is 1. The first-order valence-corrected chi connectivity index (χ1v) is 5.10. The van der Waals surface area contributed by atoms with E-state index >= 15 is 0 Å². The van der Waals surface area contributed by atoms with E-state index in [-0.39, 0.29) is 5.56 Å². The Hall–Kier alpha value is -2.83. The number of nitrogens with zero attached hydrogens (tertiary/aromatic N) is 4. The summed E-state index contributed by atoms with van der Waals surface area (Å²) in [6.07, 6.45) is 2.85. The van der Waals surface area contributed by atoms with Gasteiger partial charge in [-0.05, 0) is 18.2 Å². The normalized spacial score (nSPS) is 10.7. The molecule has 3 aromatic heterocycles. The Labute approximate surface area is 101 Å². The molecule has 3 aromatic rings. The number of carbonyl (C=O) groups is 1. The molecule has 0 aromatic carbocycles. The van der Waals surface area contributed by atoms with Gasteiger partial charge in [-0.1, -0.05) is 5.21 Å². The van der Waals surface area contributed by atoms with Crippen molar-refractivity contribution in [1.29, 1.82) is 0 Å². The Kier molecular flexibility index (Phi) is 2.23. The summed E-state index contributed by atoms with van der Waals surface area (Å²) < 4.78 is 0. The minimum atomic E-state index is -1.02. The smallest absolute Gasteiger partial charge is 0.337 e. The van der Waals surface area contributed by atoms with Gasteiger partial charge in [-0.15, -0.1) is 5.10 Å². The van der Waals surface area contributed by atoms with Crippen LogP contribution in [-0.2, 0) is 0 Å². The molecule has 2 N–H and O–H groups in total. The molecule has 0 aliphatic carbocycles. The van der Waals surface area contributed by atoms with Crippen molar-refractivity contribution in [2.75, 3.05) is 0 Å². The molecule has 0 fully saturated rings. The Bertz CT molecular complexity index is 737. The van der Waals surface area contributed by atoms with E-state index in [9.17, 15) is 4.79 Å². The molecule has 0 saturated carbocycles. The van der Waals surface area contributed by atoms with Crippen LogP contribution in [0.5, 0.6) is 0 Å². The average Bonchev–Trinajstić information content (AvgIpc) is 2.86. The van der Waals surface area contributed by atoms with Crippen molar-refractivity contribution in [3.63, 3.8) is 0 Å². The lowest BCUT2D eigenvalue weighted by molar-refractivity contribution is 0.0696. The second kappa shape index (κ2) is 3.88. The number of aromatic carboxylic acids is 1. The molecule has 88 valence electrons. The maximum absolute atomic E-state index is 10.9. The third-order valence-electron chi connectivity index (χ3n) is 2.47. The Morgan fingerprint density at radius 3 is 3.00 bits per heavy atom. The second-order valence-corrected chi connectivity index (χ2v) is 3.65. The summed E-state index contributed by atoms with van der Waals surface area (Å²) in [6, 6.07) is 5.06. The minimum absolute atomic E-state index is 0.120. The maximum Gasteiger partial charge on any atom is 0.337 e. The summed E-state index contributed by atoms with van der Waals surface area (Å²) in [6.45, 7) is 0. The van der Waals surface area contributed by atoms with E-state index < -0.39 is 5.97 Å². The highest BCUT2D eigenvalue weighted by atomic mass is 16.4. The van der Waals surface area contributed by atoms with E-state index in [1.807, 2.05) is 0 Å². The van der Waals surface area contributed by atoms with Crippen LogP contribution in [0.3, 0.4) is 0 Å². The summed E-state index contributed by atoms with van der Waals surface area (Å²) in [4.78, 5) is 19.0. The van der Waals surface area contributed by atoms with Crippen molar-refractivity contribution in [3.05, 3.63) is 36.2 Å². The highest BCUT2D eigenvalue weighted by molar-refractivity contribution is 5.88. The van der Waals surface area contributed by atoms with Gasteiger partial charge in [0, 0.05) is 18.0 Å². The SMILES string of the molecule is O=C(O)c1cncc(-c2ccc3[nH]nnc3n2)c1. The molecular weight excluding hydrogens is 234 g/mol. The summed E-state index contributed by atoms with van der Waals surface area (Å²) in [5.74, 6) is -1.02. The largest absolute Gasteiger partial charge is 0.478 e. The Morgan fingerprint density at radius 2 is 2.17 bits per heavy atom. The highest BCUT2D eigenvalue weighted by Crippen LogP contribution is 2.19. The summed E-state index contributed by atoms with van der Waals surface area (Å²) >= 11 is 0. The molecule has 3 heterocycles. The summed E-state index contributed by atoms with van der Waals surface area (Å²) in [5, 5.41) is 19.0. The van der Waals surface area contributed by atoms with Crippen LogP contribution in [0.25, 0.3) is 22.4 Å². The number of fused-ring (bicyclic) bond motifs is 1. The van der Waals surface area contributed by atoms with Crippen LogP contribution in [-0.4, -0.2) is 36.5 Å². The van der Waals surface area contributed by atoms with Crippen molar-refractivity contribution in [2.24, 2.45) is 0 Å². The third kappa shape index (κ3) is 1.67. The number of H-pyrrole nitrogens is 1. The summed E-state index contributed by atoms with van der Waals surface area (Å²) in [7, 11) is 0. The van der Waals surface area contributed by atoms with Gasteiger partial charge < -0.3 is 5.11 Å². The molecule has 0 amide bonds. The van der Waals surface area contributed by atoms with Gasteiger partial charge in [-0.2, -0.15) is 0 Å². The monoisotopic (exact) mass is 241 g/mol. The maximum atomic E-state index is 10.9. The van der Waals surface area contributed by atoms with Crippen LogP contribution in [0.15, 0.2) is 30.6 Å². The molecule has 0 bridgehead atoms. The van der Waals surface area contributed by atoms with Crippen LogP contribution in [0.2, 0.25) is 0 Å². The number of pyridine rings is 2. The number of nitrogens with one attached hydrogen (secondary N) is 1. The zero-order valence-electron chi connectivity index (χ0n) is 9.03. The van der Waals surface area contributed by atoms with E-state index in [0.717, 1.165) is 5.52 Å². The van der Waals surface area contributed by atoms with E-state index in [1.54, 1.807) is 18.3 Å². The number of aromatic nitrogens is 5. The van der Waals surface area contributed by atoms with Crippen LogP contribution in [0.1, 0.15) is 10.4 Å². The number of carboxylic acids is 1. The van der Waals surface area contributed by atoms with Crippen molar-refractivity contribution in [2.45, 2.75) is 0 Å². The van der Waals surface area contributed by atoms with Gasteiger partial charge in [0.25, 0.3) is 0 Å². The van der Waals surface area contributed by atoms with E-state index in [2.05, 4.69) is 25.4 Å². The first-order chi connectivity index (χ1) is 8.74. The van der Waals surface area contributed by atoms with Crippen molar-refractivity contribution >= 4 is 17.1 Å². The van der Waals surface area contributed by atoms with Gasteiger partial charge >= 0.3 is 5.97 Å². The first kappa shape index (κ1) is 10.3. The van der Waals surface area contributed by atoms with Crippen LogP contribution in [0.4, 0.5) is 0 Å². The Morgan fingerprint density at radius 1 is 1.28 bits per heavy atom. The molecule has 3 rings (SSSR count). The summed E-state index contributed by atoms with van der Waals surface area (Å²) in [5.41, 5.74) is 2.55. The predicted octanol–water partition coefficient (Wildman–Crippen LogP) is 1.11. The molecular formula is C11H7N5O2. The lowest BCUT2D eigenvalue weighted by atomic mass is 10.1. The molecule has 0 saturated heterocycles. The zero-order valence-corrected chi connectivity index (χ0v) is 9.03. The number of carboxylic acid groups (broad SMARTS) is 1. The van der Waals surface area contributed by atoms with Crippen molar-refractivity contribution in [3.8, 4) is 11.3 Å². The molecule has 0 radical (unpaired) electrons. The number of hydrogen-bond acceptors (Lipinski definition) is 5. The van der Waals surface area contributed by atoms with Gasteiger partial charge in [-0.25, -0.2) is 9.78 Å². The molecule has 0 unspecified atom stereocenters. The van der Waals surface area contributed by atoms with Crippen molar-refractivity contribution < 1.29 is 9.90 Å². The average molecular weight is 241 g/mol. The fourth-order valence-electron chi connectivity index (χ4n) is 1.60. The topological polar surface area (TPSA) is 105 Å². The van der Waals surface area contributed by atoms with E-state index in [4.69, 9.17) is 5.11 Å². The van der Waals surface area contributed by atoms with Crippen LogP contribution >= 0.6 is 0 Å². The fourth-order valence-corrected chi connectivity index (χ4v) is 1.60. The van der Waals surface area contributed by atoms with Crippen molar-refractivity contribution in [1.82, 2.24) is 25.4 Å². The lowest BCUT2D eigenvalue weighted by Gasteiger charge is -2.01. The van der Waals surface area contributed by atoms with Gasteiger partial charge in [0.05, 0.1) is 11.3 Å². The number of rotatable bonds is 2. The standard InChI is InChI=1S/C11H7N5O2/c17-11(18)7-3-6(4-12-5-7)8-1-2-9-10(13-8)15-16-14-9/h1-5H,(H,17,18)(H,13,14,15,16). The van der Waals surface area contributed by atoms with Gasteiger partial charge in [0.1, 0.15) is 5.52 Å². The Balaban J connectivity index is 2.13. The molecule has 0 spiro atoms. The molecule has 0 atom stereocenters. The van der Waals surface area contributed by atoms with Gasteiger partial charge in [-0.3, -0.25) is 10.1 Å². The minimum Gasteiger partial charge on any atom is -0.478 e. The predicted molar refractivity (Wildman–Crippen MR) is 61.9 cm³/mol. The molecule has 7 heteroatoms. The molecule has 0 aliphatic heterocycles. The molecule has 7 nitrogen and oxygen atoms in total. The first-order valence-electron chi connectivity index (χ1n) is 5.10. The van der Waals surface area contributed by atoms with Gasteiger partial charge in [0.2, 0.25) is 5.65 Å². The number of hydrogen-bond donors (Lipinski definition) is 2. The van der Waals surface area contributed by atoms with Gasteiger partial charge in [0.15, 0.2) is 0 Å². The fraction of sp³-hybridized carbons (Fsp3) is 0.